The van der Waals surface area contributed by atoms with Crippen LogP contribution in [0.5, 0.6) is 5.75 Å². The molecule has 0 aromatic heterocycles. The van der Waals surface area contributed by atoms with E-state index in [4.69, 9.17) is 9.47 Å². The molecule has 4 rings (SSSR count). The molecule has 2 saturated heterocycles. The zero-order chi connectivity index (χ0) is 16.4. The van der Waals surface area contributed by atoms with Gasteiger partial charge in [0.2, 0.25) is 0 Å². The molecule has 2 aliphatic heterocycles. The third-order valence-corrected chi connectivity index (χ3v) is 5.59. The van der Waals surface area contributed by atoms with Crippen molar-refractivity contribution in [2.45, 2.75) is 24.9 Å². The molecule has 0 radical (unpaired) electrons. The highest BCUT2D eigenvalue weighted by Crippen LogP contribution is 2.38. The minimum absolute atomic E-state index is 0.590. The van der Waals surface area contributed by atoms with Crippen molar-refractivity contribution in [2.75, 3.05) is 46.5 Å². The minimum Gasteiger partial charge on any atom is -0.497 e. The van der Waals surface area contributed by atoms with Crippen LogP contribution in [-0.4, -0.2) is 68.4 Å². The van der Waals surface area contributed by atoms with Gasteiger partial charge in [-0.1, -0.05) is 24.3 Å². The third kappa shape index (κ3) is 3.66. The number of ether oxygens (including phenoxy) is 2. The molecule has 24 heavy (non-hydrogen) atoms. The van der Waals surface area contributed by atoms with Crippen LogP contribution in [0.15, 0.2) is 30.3 Å². The maximum absolute atomic E-state index is 5.90. The molecule has 0 N–H and O–H groups in total. The first-order chi connectivity index (χ1) is 11.8. The van der Waals surface area contributed by atoms with Crippen molar-refractivity contribution >= 4 is 6.08 Å². The van der Waals surface area contributed by atoms with Gasteiger partial charge >= 0.3 is 0 Å². The second-order valence-electron chi connectivity index (χ2n) is 7.27. The summed E-state index contributed by atoms with van der Waals surface area (Å²) in [7, 11) is 1.70. The second kappa shape index (κ2) is 7.26. The minimum atomic E-state index is 0.590. The van der Waals surface area contributed by atoms with Crippen LogP contribution in [0.4, 0.5) is 0 Å². The van der Waals surface area contributed by atoms with Crippen LogP contribution in [0.25, 0.3) is 6.08 Å². The van der Waals surface area contributed by atoms with Crippen LogP contribution < -0.4 is 4.74 Å². The maximum atomic E-state index is 5.90. The van der Waals surface area contributed by atoms with Gasteiger partial charge in [-0.15, -0.1) is 0 Å². The summed E-state index contributed by atoms with van der Waals surface area (Å²) in [5, 5.41) is 0. The van der Waals surface area contributed by atoms with Crippen LogP contribution in [0.3, 0.4) is 0 Å². The Morgan fingerprint density at radius 3 is 2.75 bits per heavy atom. The summed E-state index contributed by atoms with van der Waals surface area (Å²) in [4.78, 5) is 5.30. The summed E-state index contributed by atoms with van der Waals surface area (Å²) in [6.07, 6.45) is 7.30. The first-order valence-corrected chi connectivity index (χ1v) is 9.20. The lowest BCUT2D eigenvalue weighted by atomic mass is 10.0. The molecular weight excluding hydrogens is 300 g/mol. The first-order valence-electron chi connectivity index (χ1n) is 9.20. The molecule has 1 saturated carbocycles. The van der Waals surface area contributed by atoms with E-state index in [-0.39, 0.29) is 0 Å². The van der Waals surface area contributed by atoms with E-state index in [2.05, 4.69) is 34.1 Å². The van der Waals surface area contributed by atoms with Gasteiger partial charge in [0.1, 0.15) is 5.75 Å². The number of hydrogen-bond acceptors (Lipinski definition) is 4. The molecule has 1 aromatic carbocycles. The second-order valence-corrected chi connectivity index (χ2v) is 7.27. The van der Waals surface area contributed by atoms with Crippen molar-refractivity contribution in [2.24, 2.45) is 5.92 Å². The van der Waals surface area contributed by atoms with E-state index in [9.17, 15) is 0 Å². The molecule has 0 amide bonds. The lowest BCUT2D eigenvalue weighted by Crippen LogP contribution is -2.62. The van der Waals surface area contributed by atoms with E-state index in [0.29, 0.717) is 12.1 Å². The van der Waals surface area contributed by atoms with Crippen molar-refractivity contribution in [3.05, 3.63) is 35.9 Å². The monoisotopic (exact) mass is 328 g/mol. The molecule has 3 aliphatic rings. The largest absolute Gasteiger partial charge is 0.497 e. The SMILES string of the molecule is COc1ccc(/C=C/CN2CCN3[C@@H](COC[C@@H]3C3CC3)C2)cc1. The van der Waals surface area contributed by atoms with E-state index in [1.165, 1.54) is 31.5 Å². The summed E-state index contributed by atoms with van der Waals surface area (Å²) in [5.74, 6) is 1.82. The van der Waals surface area contributed by atoms with Crippen molar-refractivity contribution in [1.29, 1.82) is 0 Å². The Balaban J connectivity index is 1.29. The number of piperazine rings is 1. The molecule has 2 heterocycles. The van der Waals surface area contributed by atoms with E-state index < -0.39 is 0 Å². The highest BCUT2D eigenvalue weighted by atomic mass is 16.5. The van der Waals surface area contributed by atoms with Gasteiger partial charge in [-0.25, -0.2) is 0 Å². The highest BCUT2D eigenvalue weighted by Gasteiger charge is 2.42. The smallest absolute Gasteiger partial charge is 0.118 e. The average molecular weight is 328 g/mol. The van der Waals surface area contributed by atoms with Crippen molar-refractivity contribution in [3.8, 4) is 5.75 Å². The Hall–Kier alpha value is -1.36. The summed E-state index contributed by atoms with van der Waals surface area (Å²) in [6.45, 7) is 6.39. The Morgan fingerprint density at radius 2 is 2.00 bits per heavy atom. The van der Waals surface area contributed by atoms with E-state index in [0.717, 1.165) is 38.0 Å². The zero-order valence-corrected chi connectivity index (χ0v) is 14.6. The Kier molecular flexibility index (Phi) is 4.88. The number of methoxy groups -OCH3 is 1. The van der Waals surface area contributed by atoms with Crippen LogP contribution >= 0.6 is 0 Å². The predicted molar refractivity (Wildman–Crippen MR) is 96.3 cm³/mol. The molecular formula is C20H28N2O2. The van der Waals surface area contributed by atoms with Crippen molar-refractivity contribution in [3.63, 3.8) is 0 Å². The first kappa shape index (κ1) is 16.1. The number of hydrogen-bond donors (Lipinski definition) is 0. The quantitative estimate of drug-likeness (QED) is 0.829. The fraction of sp³-hybridized carbons (Fsp3) is 0.600. The summed E-state index contributed by atoms with van der Waals surface area (Å²) >= 11 is 0. The van der Waals surface area contributed by atoms with Crippen molar-refractivity contribution < 1.29 is 9.47 Å². The lowest BCUT2D eigenvalue weighted by Gasteiger charge is -2.48. The van der Waals surface area contributed by atoms with E-state index in [1.54, 1.807) is 7.11 Å². The normalized spacial score (nSPS) is 28.9. The van der Waals surface area contributed by atoms with Crippen LogP contribution in [-0.2, 0) is 4.74 Å². The molecule has 0 spiro atoms. The van der Waals surface area contributed by atoms with Gasteiger partial charge in [-0.05, 0) is 36.5 Å². The van der Waals surface area contributed by atoms with Gasteiger partial charge in [0, 0.05) is 38.3 Å². The van der Waals surface area contributed by atoms with Crippen molar-refractivity contribution in [1.82, 2.24) is 9.80 Å². The van der Waals surface area contributed by atoms with E-state index in [1.807, 2.05) is 12.1 Å². The van der Waals surface area contributed by atoms with Crippen LogP contribution in [0.2, 0.25) is 0 Å². The van der Waals surface area contributed by atoms with Gasteiger partial charge in [0.05, 0.1) is 20.3 Å². The molecule has 4 nitrogen and oxygen atoms in total. The number of fused-ring (bicyclic) bond motifs is 1. The third-order valence-electron chi connectivity index (χ3n) is 5.59. The fourth-order valence-electron chi connectivity index (χ4n) is 4.05. The number of nitrogens with zero attached hydrogens (tertiary/aromatic N) is 2. The summed E-state index contributed by atoms with van der Waals surface area (Å²) in [6, 6.07) is 9.50. The Morgan fingerprint density at radius 1 is 1.17 bits per heavy atom. The highest BCUT2D eigenvalue weighted by molar-refractivity contribution is 5.50. The van der Waals surface area contributed by atoms with Gasteiger partial charge in [-0.2, -0.15) is 0 Å². The van der Waals surface area contributed by atoms with Crippen LogP contribution in [0.1, 0.15) is 18.4 Å². The molecule has 0 bridgehead atoms. The zero-order valence-electron chi connectivity index (χ0n) is 14.6. The molecule has 2 atom stereocenters. The standard InChI is InChI=1S/C20H28N2O2/c1-23-19-8-4-16(5-9-19)3-2-10-21-11-12-22-18(13-21)14-24-15-20(22)17-6-7-17/h2-5,8-9,17-18,20H,6-7,10-15H2,1H3/b3-2+/t18-,20-/m1/s1. The van der Waals surface area contributed by atoms with E-state index >= 15 is 0 Å². The number of rotatable bonds is 5. The Bertz CT molecular complexity index is 568. The van der Waals surface area contributed by atoms with Gasteiger partial charge in [0.15, 0.2) is 0 Å². The Labute approximate surface area is 145 Å². The number of benzene rings is 1. The van der Waals surface area contributed by atoms with Gasteiger partial charge in [-0.3, -0.25) is 9.80 Å². The number of morpholine rings is 1. The maximum Gasteiger partial charge on any atom is 0.118 e. The molecule has 1 aliphatic carbocycles. The molecule has 130 valence electrons. The molecule has 1 aromatic rings. The van der Waals surface area contributed by atoms with Gasteiger partial charge in [0.25, 0.3) is 0 Å². The predicted octanol–water partition coefficient (Wildman–Crippen LogP) is 2.50. The fourth-order valence-corrected chi connectivity index (χ4v) is 4.05. The molecule has 4 heteroatoms. The van der Waals surface area contributed by atoms with Crippen LogP contribution in [0, 0.1) is 5.92 Å². The molecule has 0 unspecified atom stereocenters. The topological polar surface area (TPSA) is 24.9 Å². The van der Waals surface area contributed by atoms with Gasteiger partial charge < -0.3 is 9.47 Å². The lowest BCUT2D eigenvalue weighted by molar-refractivity contribution is -0.0851. The average Bonchev–Trinajstić information content (AvgIpc) is 3.47. The summed E-state index contributed by atoms with van der Waals surface area (Å²) in [5.41, 5.74) is 1.23. The molecule has 3 fully saturated rings. The summed E-state index contributed by atoms with van der Waals surface area (Å²) < 4.78 is 11.1.